The molecule has 0 spiro atoms. The number of carbonyl (C=O) groups excluding carboxylic acids is 2. The average molecular weight is 408 g/mol. The Hall–Kier alpha value is -3.87. The molecule has 0 atom stereocenters. The molecule has 0 fully saturated rings. The minimum Gasteiger partial charge on any atom is -0.319 e. The first-order valence-electron chi connectivity index (χ1n) is 9.03. The van der Waals surface area contributed by atoms with E-state index in [2.05, 4.69) is 5.32 Å². The van der Waals surface area contributed by atoms with Gasteiger partial charge in [-0.15, -0.1) is 0 Å². The Morgan fingerprint density at radius 2 is 1.50 bits per heavy atom. The van der Waals surface area contributed by atoms with Gasteiger partial charge in [-0.3, -0.25) is 9.59 Å². The van der Waals surface area contributed by atoms with Gasteiger partial charge in [-0.25, -0.2) is 0 Å². The molecule has 2 aromatic carbocycles. The van der Waals surface area contributed by atoms with E-state index in [0.717, 1.165) is 35.3 Å². The largest absolute Gasteiger partial charge is 0.416 e. The number of carbonyl (C=O) groups is 2. The van der Waals surface area contributed by atoms with Gasteiger partial charge in [0.1, 0.15) is 5.69 Å². The number of fused-ring (bicyclic) bond motifs is 1. The van der Waals surface area contributed by atoms with Crippen LogP contribution in [0.25, 0.3) is 16.6 Å². The van der Waals surface area contributed by atoms with Crippen molar-refractivity contribution in [3.63, 3.8) is 0 Å². The summed E-state index contributed by atoms with van der Waals surface area (Å²) in [5.74, 6) is -1.73. The molecule has 1 amide bonds. The van der Waals surface area contributed by atoms with Gasteiger partial charge in [0.15, 0.2) is 0 Å². The van der Waals surface area contributed by atoms with Crippen LogP contribution in [0.5, 0.6) is 0 Å². The number of pyridine rings is 1. The third kappa shape index (κ3) is 3.69. The van der Waals surface area contributed by atoms with Crippen LogP contribution in [0.3, 0.4) is 0 Å². The number of hydrogen-bond donors (Lipinski definition) is 1. The fraction of sp³-hybridized carbons (Fsp3) is 0.0435. The molecular formula is C23H15F3N2O2. The molecule has 2 heterocycles. The highest BCUT2D eigenvalue weighted by Crippen LogP contribution is 2.30. The number of Topliss-reactive ketones (excluding diaryl/α,β-unsaturated/α-hetero) is 1. The highest BCUT2D eigenvalue weighted by molar-refractivity contribution is 6.47. The standard InChI is InChI=1S/C23H15F3N2O2/c24-23(25,26)16-9-11-17(12-10-16)27-22(30)21(29)20-19(15-6-2-1-3-7-15)14-18-8-4-5-13-28(18)20/h1-14H,(H,27,30). The van der Waals surface area contributed by atoms with Gasteiger partial charge in [0.05, 0.1) is 5.56 Å². The van der Waals surface area contributed by atoms with Crippen LogP contribution in [0.1, 0.15) is 16.1 Å². The molecule has 7 heteroatoms. The maximum absolute atomic E-state index is 13.0. The molecule has 150 valence electrons. The molecule has 0 aliphatic rings. The van der Waals surface area contributed by atoms with Crippen LogP contribution in [-0.4, -0.2) is 16.1 Å². The molecule has 0 radical (unpaired) electrons. The van der Waals surface area contributed by atoms with Gasteiger partial charge < -0.3 is 9.72 Å². The van der Waals surface area contributed by atoms with E-state index >= 15 is 0 Å². The maximum Gasteiger partial charge on any atom is 0.416 e. The van der Waals surface area contributed by atoms with E-state index in [0.29, 0.717) is 5.56 Å². The van der Waals surface area contributed by atoms with Crippen molar-refractivity contribution in [1.29, 1.82) is 0 Å². The lowest BCUT2D eigenvalue weighted by Crippen LogP contribution is -2.24. The van der Waals surface area contributed by atoms with Crippen molar-refractivity contribution < 1.29 is 22.8 Å². The molecule has 0 bridgehead atoms. The molecule has 1 N–H and O–H groups in total. The van der Waals surface area contributed by atoms with E-state index < -0.39 is 23.4 Å². The Morgan fingerprint density at radius 3 is 2.17 bits per heavy atom. The van der Waals surface area contributed by atoms with Crippen molar-refractivity contribution in [2.24, 2.45) is 0 Å². The lowest BCUT2D eigenvalue weighted by atomic mass is 10.0. The molecule has 0 unspecified atom stereocenters. The van der Waals surface area contributed by atoms with E-state index in [4.69, 9.17) is 0 Å². The number of rotatable bonds is 4. The van der Waals surface area contributed by atoms with E-state index in [-0.39, 0.29) is 11.4 Å². The third-order valence-electron chi connectivity index (χ3n) is 4.66. The van der Waals surface area contributed by atoms with Crippen LogP contribution < -0.4 is 5.32 Å². The molecule has 0 saturated carbocycles. The van der Waals surface area contributed by atoms with Crippen LogP contribution in [0.15, 0.2) is 85.1 Å². The topological polar surface area (TPSA) is 50.6 Å². The Kier molecular flexibility index (Phi) is 4.87. The normalized spacial score (nSPS) is 11.4. The van der Waals surface area contributed by atoms with Crippen molar-refractivity contribution in [3.8, 4) is 11.1 Å². The molecule has 30 heavy (non-hydrogen) atoms. The van der Waals surface area contributed by atoms with Gasteiger partial charge in [0, 0.05) is 23.0 Å². The number of nitrogens with zero attached hydrogens (tertiary/aromatic N) is 1. The van der Waals surface area contributed by atoms with E-state index in [1.807, 2.05) is 48.5 Å². The number of amides is 1. The first-order valence-corrected chi connectivity index (χ1v) is 9.03. The van der Waals surface area contributed by atoms with Gasteiger partial charge in [-0.2, -0.15) is 13.2 Å². The number of benzene rings is 2. The molecule has 4 rings (SSSR count). The predicted octanol–water partition coefficient (Wildman–Crippen LogP) is 5.45. The van der Waals surface area contributed by atoms with Crippen LogP contribution in [0.4, 0.5) is 18.9 Å². The first kappa shape index (κ1) is 19.4. The summed E-state index contributed by atoms with van der Waals surface area (Å²) in [4.78, 5) is 25.7. The summed E-state index contributed by atoms with van der Waals surface area (Å²) in [7, 11) is 0. The van der Waals surface area contributed by atoms with Crippen molar-refractivity contribution in [2.75, 3.05) is 5.32 Å². The minimum atomic E-state index is -4.48. The van der Waals surface area contributed by atoms with Crippen molar-refractivity contribution in [2.45, 2.75) is 6.18 Å². The van der Waals surface area contributed by atoms with Crippen molar-refractivity contribution in [3.05, 3.63) is 96.3 Å². The van der Waals surface area contributed by atoms with E-state index in [1.165, 1.54) is 0 Å². The van der Waals surface area contributed by atoms with Gasteiger partial charge in [0.25, 0.3) is 11.7 Å². The van der Waals surface area contributed by atoms with Crippen molar-refractivity contribution in [1.82, 2.24) is 4.40 Å². The second-order valence-corrected chi connectivity index (χ2v) is 6.63. The number of anilines is 1. The van der Waals surface area contributed by atoms with Gasteiger partial charge >= 0.3 is 6.18 Å². The van der Waals surface area contributed by atoms with Gasteiger partial charge in [-0.1, -0.05) is 36.4 Å². The molecule has 0 aliphatic heterocycles. The fourth-order valence-corrected chi connectivity index (χ4v) is 3.23. The zero-order chi connectivity index (χ0) is 21.3. The second kappa shape index (κ2) is 7.51. The van der Waals surface area contributed by atoms with Crippen LogP contribution in [-0.2, 0) is 11.0 Å². The summed E-state index contributed by atoms with van der Waals surface area (Å²) in [6.07, 6.45) is -2.80. The fourth-order valence-electron chi connectivity index (χ4n) is 3.23. The maximum atomic E-state index is 13.0. The zero-order valence-electron chi connectivity index (χ0n) is 15.5. The number of nitrogens with one attached hydrogen (secondary N) is 1. The predicted molar refractivity (Wildman–Crippen MR) is 107 cm³/mol. The lowest BCUT2D eigenvalue weighted by molar-refractivity contribution is -0.137. The Balaban J connectivity index is 1.68. The highest BCUT2D eigenvalue weighted by atomic mass is 19.4. The number of hydrogen-bond acceptors (Lipinski definition) is 2. The van der Waals surface area contributed by atoms with Crippen LogP contribution >= 0.6 is 0 Å². The summed E-state index contributed by atoms with van der Waals surface area (Å²) < 4.78 is 39.7. The molecule has 2 aromatic heterocycles. The SMILES string of the molecule is O=C(Nc1ccc(C(F)(F)F)cc1)C(=O)c1c(-c2ccccc2)cc2ccccn12. The average Bonchev–Trinajstić information content (AvgIpc) is 3.13. The van der Waals surface area contributed by atoms with Crippen molar-refractivity contribution >= 4 is 22.9 Å². The van der Waals surface area contributed by atoms with E-state index in [9.17, 15) is 22.8 Å². The minimum absolute atomic E-state index is 0.100. The van der Waals surface area contributed by atoms with Gasteiger partial charge in [-0.05, 0) is 48.0 Å². The molecule has 0 aliphatic carbocycles. The summed E-state index contributed by atoms with van der Waals surface area (Å²) in [6, 6.07) is 20.3. The monoisotopic (exact) mass is 408 g/mol. The third-order valence-corrected chi connectivity index (χ3v) is 4.66. The molecule has 0 saturated heterocycles. The molecule has 4 aromatic rings. The summed E-state index contributed by atoms with van der Waals surface area (Å²) in [5.41, 5.74) is 1.55. The molecule has 4 nitrogen and oxygen atoms in total. The summed E-state index contributed by atoms with van der Waals surface area (Å²) >= 11 is 0. The summed E-state index contributed by atoms with van der Waals surface area (Å²) in [5, 5.41) is 2.38. The van der Waals surface area contributed by atoms with Crippen LogP contribution in [0.2, 0.25) is 0 Å². The van der Waals surface area contributed by atoms with Crippen LogP contribution in [0, 0.1) is 0 Å². The Morgan fingerprint density at radius 1 is 0.833 bits per heavy atom. The number of alkyl halides is 3. The zero-order valence-corrected chi connectivity index (χ0v) is 15.5. The summed E-state index contributed by atoms with van der Waals surface area (Å²) in [6.45, 7) is 0. The Labute approximate surface area is 169 Å². The number of halogens is 3. The second-order valence-electron chi connectivity index (χ2n) is 6.63. The number of aromatic nitrogens is 1. The molecular weight excluding hydrogens is 393 g/mol. The van der Waals surface area contributed by atoms with E-state index in [1.54, 1.807) is 16.7 Å². The highest BCUT2D eigenvalue weighted by Gasteiger charge is 2.30. The smallest absolute Gasteiger partial charge is 0.319 e. The quantitative estimate of drug-likeness (QED) is 0.361. The first-order chi connectivity index (χ1) is 14.3. The lowest BCUT2D eigenvalue weighted by Gasteiger charge is -2.09. The number of ketones is 1. The van der Waals surface area contributed by atoms with Gasteiger partial charge in [0.2, 0.25) is 0 Å². The Bertz CT molecular complexity index is 1230.